The Kier molecular flexibility index (Phi) is 10.6. The largest absolute Gasteiger partial charge is 0.493 e. The maximum Gasteiger partial charge on any atom is 0.317 e. The molecule has 0 radical (unpaired) electrons. The minimum Gasteiger partial charge on any atom is -0.493 e. The number of methoxy groups -OCH3 is 1. The van der Waals surface area contributed by atoms with E-state index in [0.717, 1.165) is 38.4 Å². The number of hydrogen-bond acceptors (Lipinski definition) is 16. The molecule has 11 atom stereocenters. The maximum atomic E-state index is 12.8. The van der Waals surface area contributed by atoms with Crippen LogP contribution in [0, 0.1) is 0 Å². The molecule has 3 aromatic carbocycles. The van der Waals surface area contributed by atoms with Crippen LogP contribution < -0.4 is 39.6 Å². The number of carboxylic acid groups (broad SMARTS) is 1. The summed E-state index contributed by atoms with van der Waals surface area (Å²) >= 11 is 0. The highest BCUT2D eigenvalue weighted by Crippen LogP contribution is 2.60. The summed E-state index contributed by atoms with van der Waals surface area (Å²) in [5.74, 6) is -0.954. The number of rotatable bonds is 11. The smallest absolute Gasteiger partial charge is 0.317 e. The van der Waals surface area contributed by atoms with Gasteiger partial charge < -0.3 is 69.7 Å². The number of carbonyl (C=O) groups is 2. The lowest BCUT2D eigenvalue weighted by Crippen LogP contribution is -3.05. The predicted molar refractivity (Wildman–Crippen MR) is 223 cm³/mol. The van der Waals surface area contributed by atoms with Gasteiger partial charge in [0.15, 0.2) is 28.8 Å². The normalized spacial score (nSPS) is 32.4. The Bertz CT molecular complexity index is 2490. The van der Waals surface area contributed by atoms with E-state index in [0.29, 0.717) is 48.1 Å². The minimum absolute atomic E-state index is 0.00515. The number of aliphatic hydroxyl groups excluding tert-OH is 3. The number of nitrogens with zero attached hydrogens (tertiary/aromatic N) is 1. The van der Waals surface area contributed by atoms with Gasteiger partial charge in [0.05, 0.1) is 19.6 Å². The van der Waals surface area contributed by atoms with Gasteiger partial charge in [0.1, 0.15) is 80.1 Å². The first-order valence-electron chi connectivity index (χ1n) is 21.3. The van der Waals surface area contributed by atoms with Crippen molar-refractivity contribution >= 4 is 18.2 Å². The van der Waals surface area contributed by atoms with Gasteiger partial charge in [-0.05, 0) is 42.8 Å². The topological polar surface area (TPSA) is 255 Å². The molecule has 7 aliphatic rings. The Balaban J connectivity index is 1.11. The molecule has 3 aromatic rings. The van der Waals surface area contributed by atoms with E-state index in [9.17, 15) is 35.1 Å². The summed E-state index contributed by atoms with van der Waals surface area (Å²) in [6.45, 7) is 0.823. The molecule has 7 heterocycles. The second kappa shape index (κ2) is 16.2. The highest BCUT2D eigenvalue weighted by atomic mass is 16.7. The highest BCUT2D eigenvalue weighted by molar-refractivity contribution is 5.90. The van der Waals surface area contributed by atoms with Gasteiger partial charge in [-0.3, -0.25) is 19.5 Å². The van der Waals surface area contributed by atoms with Crippen molar-refractivity contribution in [2.75, 3.05) is 26.9 Å². The molecule has 11 unspecified atom stereocenters. The number of carboxylic acids is 1. The predicted octanol–water partition coefficient (Wildman–Crippen LogP) is 0.199. The standard InChI is InChI=1S/C46H48N4O14/c1-58-29-8-7-26-35-31(17-23-5-3-2-4-6-23)60-32-18-30-25(27(21-50-20-24-10-13-48-28(24)22-50)36(32)39(35)63-37(26)38(29)59-16-15-51)9-11-45(57)40(55)41(56)46(64-44(45)61-30)12-14-49-43(47)42(46)62-34(54)19-33(52)53/h2-8,10,12-14,18,22,31,35,39-44,49,51,55-57H,9,11,15-17,19-21,47H2,1H3,(H,52,53)/p+1. The molecule has 10 rings (SSSR count). The molecule has 0 saturated carbocycles. The number of esters is 1. The monoisotopic (exact) mass is 881 g/mol. The molecule has 9 N–H and O–H groups in total. The molecule has 336 valence electrons. The first kappa shape index (κ1) is 42.0. The summed E-state index contributed by atoms with van der Waals surface area (Å²) in [6.07, 6.45) is -1.48. The molecular weight excluding hydrogens is 833 g/mol. The molecule has 1 spiro atoms. The van der Waals surface area contributed by atoms with Gasteiger partial charge in [-0.15, -0.1) is 0 Å². The molecule has 7 aliphatic heterocycles. The van der Waals surface area contributed by atoms with Crippen LogP contribution in [0.25, 0.3) is 0 Å². The number of carbonyl (C=O) groups excluding carboxylic acids is 1. The van der Waals surface area contributed by atoms with Crippen LogP contribution in [0.4, 0.5) is 0 Å². The SMILES string of the molecule is COc1ccc2c(c1OCCO)OC1c3c(cc4c(c3C[NH+]3C=C5N=CC=C5C3)CCC3(O)C(O4)OC4(C=CNC(N)C4OC(=O)CC(=O)O)C(O)C3O)OC(Cc3ccccc3)C21. The summed E-state index contributed by atoms with van der Waals surface area (Å²) < 4.78 is 44.7. The fourth-order valence-corrected chi connectivity index (χ4v) is 10.3. The zero-order valence-electron chi connectivity index (χ0n) is 34.7. The van der Waals surface area contributed by atoms with E-state index >= 15 is 0 Å². The Hall–Kier alpha value is -5.99. The fraction of sp³-hybridized carbons (Fsp3) is 0.413. The molecular formula is C46H49N4O14+. The van der Waals surface area contributed by atoms with Gasteiger partial charge in [0.25, 0.3) is 0 Å². The van der Waals surface area contributed by atoms with Crippen LogP contribution in [0.5, 0.6) is 28.7 Å². The van der Waals surface area contributed by atoms with E-state index in [1.807, 2.05) is 48.5 Å². The third-order valence-corrected chi connectivity index (χ3v) is 13.3. The zero-order chi connectivity index (χ0) is 44.5. The van der Waals surface area contributed by atoms with Crippen molar-refractivity contribution in [3.05, 3.63) is 112 Å². The Morgan fingerprint density at radius 2 is 1.91 bits per heavy atom. The lowest BCUT2D eigenvalue weighted by molar-refractivity contribution is -0.851. The van der Waals surface area contributed by atoms with Gasteiger partial charge in [0.2, 0.25) is 12.0 Å². The van der Waals surface area contributed by atoms with Crippen molar-refractivity contribution in [3.63, 3.8) is 0 Å². The van der Waals surface area contributed by atoms with Crippen LogP contribution in [-0.4, -0.2) is 119 Å². The summed E-state index contributed by atoms with van der Waals surface area (Å²) in [5, 5.41) is 58.1. The first-order valence-corrected chi connectivity index (χ1v) is 21.3. The number of aliphatic hydroxyl groups is 4. The second-order valence-corrected chi connectivity index (χ2v) is 17.1. The van der Waals surface area contributed by atoms with E-state index in [1.165, 1.54) is 19.4 Å². The average Bonchev–Trinajstić information content (AvgIpc) is 3.97. The number of ether oxygens (including phenoxy) is 7. The number of benzene rings is 3. The molecule has 64 heavy (non-hydrogen) atoms. The summed E-state index contributed by atoms with van der Waals surface area (Å²) in [6, 6.07) is 15.5. The van der Waals surface area contributed by atoms with Crippen molar-refractivity contribution in [3.8, 4) is 28.7 Å². The van der Waals surface area contributed by atoms with Crippen LogP contribution in [0.3, 0.4) is 0 Å². The Morgan fingerprint density at radius 1 is 1.08 bits per heavy atom. The van der Waals surface area contributed by atoms with E-state index < -0.39 is 72.5 Å². The molecule has 0 amide bonds. The van der Waals surface area contributed by atoms with Crippen LogP contribution in [-0.2, 0) is 38.4 Å². The van der Waals surface area contributed by atoms with Crippen LogP contribution in [0.1, 0.15) is 52.7 Å². The maximum absolute atomic E-state index is 12.8. The van der Waals surface area contributed by atoms with Crippen molar-refractivity contribution in [1.29, 1.82) is 0 Å². The average molecular weight is 882 g/mol. The minimum atomic E-state index is -2.23. The third kappa shape index (κ3) is 6.88. The lowest BCUT2D eigenvalue weighted by Gasteiger charge is -2.55. The number of quaternary nitrogens is 1. The number of fused-ring (bicyclic) bond motifs is 8. The van der Waals surface area contributed by atoms with Gasteiger partial charge in [-0.1, -0.05) is 36.4 Å². The first-order chi connectivity index (χ1) is 30.9. The molecule has 0 bridgehead atoms. The van der Waals surface area contributed by atoms with E-state index in [-0.39, 0.29) is 37.7 Å². The van der Waals surface area contributed by atoms with Crippen molar-refractivity contribution in [1.82, 2.24) is 5.32 Å². The third-order valence-electron chi connectivity index (χ3n) is 13.3. The van der Waals surface area contributed by atoms with E-state index in [2.05, 4.69) is 16.5 Å². The highest BCUT2D eigenvalue weighted by Gasteiger charge is 2.67. The van der Waals surface area contributed by atoms with Crippen LogP contribution in [0.2, 0.25) is 0 Å². The number of nitrogens with two attached hydrogens (primary N) is 1. The lowest BCUT2D eigenvalue weighted by atomic mass is 9.73. The number of hydrogen-bond donors (Lipinski definition) is 8. The van der Waals surface area contributed by atoms with Gasteiger partial charge in [-0.2, -0.15) is 0 Å². The second-order valence-electron chi connectivity index (χ2n) is 17.1. The Morgan fingerprint density at radius 3 is 2.67 bits per heavy atom. The fourth-order valence-electron chi connectivity index (χ4n) is 10.3. The van der Waals surface area contributed by atoms with Gasteiger partial charge in [-0.25, -0.2) is 0 Å². The van der Waals surface area contributed by atoms with Gasteiger partial charge in [0, 0.05) is 46.5 Å². The molecule has 0 aliphatic carbocycles. The number of aliphatic imine (C=N–C) groups is 1. The quantitative estimate of drug-likeness (QED) is 0.0946. The summed E-state index contributed by atoms with van der Waals surface area (Å²) in [4.78, 5) is 29.8. The molecule has 0 aromatic heterocycles. The number of nitrogens with one attached hydrogen (secondary N) is 2. The van der Waals surface area contributed by atoms with Crippen molar-refractivity contribution < 1.29 is 73.2 Å². The number of allylic oxidation sites excluding steroid dienone is 1. The molecule has 18 nitrogen and oxygen atoms in total. The number of aliphatic carboxylic acids is 1. The summed E-state index contributed by atoms with van der Waals surface area (Å²) in [5.41, 5.74) is 8.10. The van der Waals surface area contributed by atoms with E-state index in [1.54, 1.807) is 12.3 Å². The Labute approximate surface area is 366 Å². The van der Waals surface area contributed by atoms with Crippen molar-refractivity contribution in [2.24, 2.45) is 10.7 Å². The molecule has 1 fully saturated rings. The van der Waals surface area contributed by atoms with Crippen LogP contribution >= 0.6 is 0 Å². The summed E-state index contributed by atoms with van der Waals surface area (Å²) in [7, 11) is 1.54. The van der Waals surface area contributed by atoms with E-state index in [4.69, 9.17) is 38.9 Å². The zero-order valence-corrected chi connectivity index (χ0v) is 34.7. The molecule has 18 heteroatoms. The van der Waals surface area contributed by atoms with Gasteiger partial charge >= 0.3 is 11.9 Å². The molecule has 1 saturated heterocycles. The van der Waals surface area contributed by atoms with Crippen molar-refractivity contribution in [2.45, 2.75) is 92.3 Å². The van der Waals surface area contributed by atoms with Crippen LogP contribution in [0.15, 0.2) is 89.3 Å².